The molecular weight excluding hydrogens is 252 g/mol. The summed E-state index contributed by atoms with van der Waals surface area (Å²) < 4.78 is 0.997. The van der Waals surface area contributed by atoms with Crippen LogP contribution in [0.3, 0.4) is 0 Å². The molecule has 0 saturated heterocycles. The van der Waals surface area contributed by atoms with Crippen LogP contribution in [0.4, 0.5) is 0 Å². The summed E-state index contributed by atoms with van der Waals surface area (Å²) in [5, 5.41) is 8.67. The van der Waals surface area contributed by atoms with Gasteiger partial charge in [0.05, 0.1) is 17.3 Å². The molecule has 15 heavy (non-hydrogen) atoms. The van der Waals surface area contributed by atoms with Crippen molar-refractivity contribution in [3.05, 3.63) is 52.6 Å². The molecule has 0 atom stereocenters. The molecule has 0 N–H and O–H groups in total. The van der Waals surface area contributed by atoms with Crippen molar-refractivity contribution >= 4 is 15.9 Å². The molecule has 0 aliphatic carbocycles. The molecule has 2 rings (SSSR count). The molecule has 2 aromatic rings. The maximum atomic E-state index is 8.67. The second-order valence-corrected chi connectivity index (χ2v) is 3.96. The molecule has 1 heterocycles. The first-order chi connectivity index (χ1) is 7.29. The average molecular weight is 259 g/mol. The van der Waals surface area contributed by atoms with E-state index in [4.69, 9.17) is 5.26 Å². The summed E-state index contributed by atoms with van der Waals surface area (Å²) in [6, 6.07) is 13.3. The average Bonchev–Trinajstić information content (AvgIpc) is 2.29. The Balaban J connectivity index is 2.42. The minimum absolute atomic E-state index is 0.661. The fraction of sp³-hybridized carbons (Fsp3) is 0. The summed E-state index contributed by atoms with van der Waals surface area (Å²) in [6.45, 7) is 0. The van der Waals surface area contributed by atoms with Crippen molar-refractivity contribution in [3.8, 4) is 17.3 Å². The number of pyridine rings is 1. The van der Waals surface area contributed by atoms with Gasteiger partial charge in [-0.05, 0) is 24.3 Å². The van der Waals surface area contributed by atoms with Crippen LogP contribution in [0.1, 0.15) is 5.56 Å². The normalized spacial score (nSPS) is 9.60. The predicted molar refractivity (Wildman–Crippen MR) is 62.1 cm³/mol. The monoisotopic (exact) mass is 258 g/mol. The van der Waals surface area contributed by atoms with E-state index in [1.165, 1.54) is 0 Å². The first-order valence-corrected chi connectivity index (χ1v) is 5.21. The van der Waals surface area contributed by atoms with E-state index in [9.17, 15) is 0 Å². The third-order valence-electron chi connectivity index (χ3n) is 2.03. The predicted octanol–water partition coefficient (Wildman–Crippen LogP) is 3.38. The van der Waals surface area contributed by atoms with E-state index in [0.29, 0.717) is 5.56 Å². The molecular formula is C12H7BrN2. The van der Waals surface area contributed by atoms with Gasteiger partial charge in [0.25, 0.3) is 0 Å². The molecule has 0 unspecified atom stereocenters. The van der Waals surface area contributed by atoms with Gasteiger partial charge in [0, 0.05) is 16.2 Å². The second-order valence-electron chi connectivity index (χ2n) is 3.05. The number of nitriles is 1. The summed E-state index contributed by atoms with van der Waals surface area (Å²) in [5.41, 5.74) is 2.57. The SMILES string of the molecule is N#Cc1ccc(-c2cc(Br)ccn2)cc1. The maximum absolute atomic E-state index is 8.67. The van der Waals surface area contributed by atoms with Gasteiger partial charge in [-0.1, -0.05) is 28.1 Å². The fourth-order valence-corrected chi connectivity index (χ4v) is 1.61. The number of halogens is 1. The summed E-state index contributed by atoms with van der Waals surface area (Å²) >= 11 is 3.40. The van der Waals surface area contributed by atoms with Crippen LogP contribution in [-0.2, 0) is 0 Å². The molecule has 1 aromatic carbocycles. The summed E-state index contributed by atoms with van der Waals surface area (Å²) in [6.07, 6.45) is 1.75. The second kappa shape index (κ2) is 4.24. The van der Waals surface area contributed by atoms with Crippen LogP contribution >= 0.6 is 15.9 Å². The lowest BCUT2D eigenvalue weighted by atomic mass is 10.1. The summed E-state index contributed by atoms with van der Waals surface area (Å²) in [7, 11) is 0. The Hall–Kier alpha value is -1.66. The topological polar surface area (TPSA) is 36.7 Å². The Labute approximate surface area is 96.3 Å². The number of hydrogen-bond donors (Lipinski definition) is 0. The van der Waals surface area contributed by atoms with Crippen LogP contribution in [0.5, 0.6) is 0 Å². The molecule has 0 aliphatic heterocycles. The van der Waals surface area contributed by atoms with Crippen molar-refractivity contribution < 1.29 is 0 Å². The Kier molecular flexibility index (Phi) is 2.79. The zero-order valence-electron chi connectivity index (χ0n) is 7.81. The van der Waals surface area contributed by atoms with E-state index < -0.39 is 0 Å². The first kappa shape index (κ1) is 9.88. The van der Waals surface area contributed by atoms with Gasteiger partial charge in [0.2, 0.25) is 0 Å². The number of benzene rings is 1. The van der Waals surface area contributed by atoms with Crippen molar-refractivity contribution in [3.63, 3.8) is 0 Å². The molecule has 0 spiro atoms. The minimum atomic E-state index is 0.661. The smallest absolute Gasteiger partial charge is 0.0991 e. The van der Waals surface area contributed by atoms with Gasteiger partial charge < -0.3 is 0 Å². The van der Waals surface area contributed by atoms with E-state index >= 15 is 0 Å². The number of aromatic nitrogens is 1. The maximum Gasteiger partial charge on any atom is 0.0991 e. The minimum Gasteiger partial charge on any atom is -0.256 e. The van der Waals surface area contributed by atoms with Crippen LogP contribution in [0.25, 0.3) is 11.3 Å². The van der Waals surface area contributed by atoms with Gasteiger partial charge in [0.15, 0.2) is 0 Å². The van der Waals surface area contributed by atoms with Gasteiger partial charge in [0.1, 0.15) is 0 Å². The third-order valence-corrected chi connectivity index (χ3v) is 2.52. The van der Waals surface area contributed by atoms with E-state index in [-0.39, 0.29) is 0 Å². The van der Waals surface area contributed by atoms with Crippen molar-refractivity contribution in [1.82, 2.24) is 4.98 Å². The Morgan fingerprint density at radius 3 is 2.47 bits per heavy atom. The lowest BCUT2D eigenvalue weighted by Crippen LogP contribution is -1.83. The molecule has 0 aliphatic rings. The van der Waals surface area contributed by atoms with Gasteiger partial charge in [-0.15, -0.1) is 0 Å². The van der Waals surface area contributed by atoms with Crippen LogP contribution in [0.2, 0.25) is 0 Å². The lowest BCUT2D eigenvalue weighted by Gasteiger charge is -2.00. The highest BCUT2D eigenvalue weighted by atomic mass is 79.9. The Morgan fingerprint density at radius 1 is 1.13 bits per heavy atom. The third kappa shape index (κ3) is 2.23. The highest BCUT2D eigenvalue weighted by molar-refractivity contribution is 9.10. The van der Waals surface area contributed by atoms with Crippen LogP contribution in [-0.4, -0.2) is 4.98 Å². The van der Waals surface area contributed by atoms with Crippen molar-refractivity contribution in [2.24, 2.45) is 0 Å². The summed E-state index contributed by atoms with van der Waals surface area (Å²) in [4.78, 5) is 4.25. The largest absolute Gasteiger partial charge is 0.256 e. The number of hydrogen-bond acceptors (Lipinski definition) is 2. The van der Waals surface area contributed by atoms with Gasteiger partial charge in [-0.2, -0.15) is 5.26 Å². The van der Waals surface area contributed by atoms with E-state index in [0.717, 1.165) is 15.7 Å². The summed E-state index contributed by atoms with van der Waals surface area (Å²) in [5.74, 6) is 0. The molecule has 1 aromatic heterocycles. The van der Waals surface area contributed by atoms with Crippen LogP contribution in [0.15, 0.2) is 47.1 Å². The van der Waals surface area contributed by atoms with Crippen LogP contribution in [0, 0.1) is 11.3 Å². The van der Waals surface area contributed by atoms with Crippen LogP contribution < -0.4 is 0 Å². The molecule has 0 fully saturated rings. The number of nitrogens with zero attached hydrogens (tertiary/aromatic N) is 2. The lowest BCUT2D eigenvalue weighted by molar-refractivity contribution is 1.31. The standard InChI is InChI=1S/C12H7BrN2/c13-11-5-6-15-12(7-11)10-3-1-9(8-14)2-4-10/h1-7H. The Bertz CT molecular complexity index is 512. The molecule has 0 saturated carbocycles. The van der Waals surface area contributed by atoms with Gasteiger partial charge in [-0.3, -0.25) is 4.98 Å². The molecule has 2 nitrogen and oxygen atoms in total. The number of rotatable bonds is 1. The quantitative estimate of drug-likeness (QED) is 0.787. The van der Waals surface area contributed by atoms with E-state index in [2.05, 4.69) is 27.0 Å². The van der Waals surface area contributed by atoms with E-state index in [1.807, 2.05) is 24.3 Å². The molecule has 3 heteroatoms. The molecule has 72 valence electrons. The Morgan fingerprint density at radius 2 is 1.87 bits per heavy atom. The van der Waals surface area contributed by atoms with Crippen molar-refractivity contribution in [1.29, 1.82) is 5.26 Å². The zero-order chi connectivity index (χ0) is 10.7. The highest BCUT2D eigenvalue weighted by Crippen LogP contribution is 2.20. The molecule has 0 radical (unpaired) electrons. The zero-order valence-corrected chi connectivity index (χ0v) is 9.40. The van der Waals surface area contributed by atoms with Gasteiger partial charge >= 0.3 is 0 Å². The van der Waals surface area contributed by atoms with Crippen molar-refractivity contribution in [2.45, 2.75) is 0 Å². The first-order valence-electron chi connectivity index (χ1n) is 4.42. The van der Waals surface area contributed by atoms with Crippen molar-refractivity contribution in [2.75, 3.05) is 0 Å². The van der Waals surface area contributed by atoms with E-state index in [1.54, 1.807) is 18.3 Å². The molecule has 0 amide bonds. The fourth-order valence-electron chi connectivity index (χ4n) is 1.28. The highest BCUT2D eigenvalue weighted by Gasteiger charge is 1.99. The molecule has 0 bridgehead atoms. The van der Waals surface area contributed by atoms with Gasteiger partial charge in [-0.25, -0.2) is 0 Å².